The van der Waals surface area contributed by atoms with Gasteiger partial charge in [0.15, 0.2) is 0 Å². The molecule has 7 nitrogen and oxygen atoms in total. The molecule has 2 rings (SSSR count). The maximum absolute atomic E-state index is 12.8. The molecule has 1 saturated heterocycles. The topological polar surface area (TPSA) is 76.2 Å². The van der Waals surface area contributed by atoms with Gasteiger partial charge in [-0.1, -0.05) is 13.3 Å². The molecule has 1 aliphatic heterocycles. The normalized spacial score (nSPS) is 15.8. The van der Waals surface area contributed by atoms with E-state index < -0.39 is 10.0 Å². The van der Waals surface area contributed by atoms with Crippen LogP contribution < -0.4 is 4.74 Å². The molecule has 0 unspecified atom stereocenters. The van der Waals surface area contributed by atoms with Crippen molar-refractivity contribution in [3.63, 3.8) is 0 Å². The lowest BCUT2D eigenvalue weighted by molar-refractivity contribution is 0.0730. The number of hydrogen-bond donors (Lipinski definition) is 0. The first-order valence-corrected chi connectivity index (χ1v) is 9.87. The summed E-state index contributed by atoms with van der Waals surface area (Å²) in [6.45, 7) is 4.04. The Kier molecular flexibility index (Phi) is 6.80. The largest absolute Gasteiger partial charge is 0.496 e. The van der Waals surface area contributed by atoms with Crippen molar-refractivity contribution in [1.29, 1.82) is 0 Å². The number of amides is 1. The average molecular weight is 370 g/mol. The van der Waals surface area contributed by atoms with Crippen LogP contribution in [0.25, 0.3) is 0 Å². The van der Waals surface area contributed by atoms with Gasteiger partial charge in [0, 0.05) is 26.7 Å². The maximum atomic E-state index is 12.8. The highest BCUT2D eigenvalue weighted by Gasteiger charge is 2.28. The number of ether oxygens (including phenoxy) is 2. The SMILES string of the molecule is CCCCN(C)C(=O)c1cc(S(=O)(=O)N2CCOCC2)ccc1OC. The molecule has 1 amide bonds. The van der Waals surface area contributed by atoms with Gasteiger partial charge in [-0.05, 0) is 24.6 Å². The third kappa shape index (κ3) is 4.50. The zero-order valence-corrected chi connectivity index (χ0v) is 15.8. The molecule has 140 valence electrons. The van der Waals surface area contributed by atoms with Gasteiger partial charge in [0.2, 0.25) is 10.0 Å². The Labute approximate surface area is 149 Å². The number of carbonyl (C=O) groups excluding carboxylic acids is 1. The van der Waals surface area contributed by atoms with Crippen molar-refractivity contribution >= 4 is 15.9 Å². The van der Waals surface area contributed by atoms with E-state index in [1.165, 1.54) is 29.6 Å². The number of carbonyl (C=O) groups is 1. The lowest BCUT2D eigenvalue weighted by Crippen LogP contribution is -2.40. The Bertz CT molecular complexity index is 699. The van der Waals surface area contributed by atoms with E-state index in [2.05, 4.69) is 6.92 Å². The lowest BCUT2D eigenvalue weighted by Gasteiger charge is -2.26. The molecule has 1 aromatic rings. The first kappa shape index (κ1) is 19.7. The zero-order chi connectivity index (χ0) is 18.4. The van der Waals surface area contributed by atoms with Crippen LogP contribution >= 0.6 is 0 Å². The third-order valence-electron chi connectivity index (χ3n) is 4.20. The van der Waals surface area contributed by atoms with Crippen LogP contribution in [0.15, 0.2) is 23.1 Å². The van der Waals surface area contributed by atoms with Crippen molar-refractivity contribution in [3.8, 4) is 5.75 Å². The Morgan fingerprint density at radius 3 is 2.60 bits per heavy atom. The molecule has 1 heterocycles. The van der Waals surface area contributed by atoms with Gasteiger partial charge in [-0.25, -0.2) is 8.42 Å². The van der Waals surface area contributed by atoms with E-state index in [0.29, 0.717) is 38.6 Å². The molecule has 0 aliphatic carbocycles. The molecule has 0 atom stereocenters. The monoisotopic (exact) mass is 370 g/mol. The number of morpholine rings is 1. The van der Waals surface area contributed by atoms with Gasteiger partial charge < -0.3 is 14.4 Å². The van der Waals surface area contributed by atoms with Crippen molar-refractivity contribution in [2.24, 2.45) is 0 Å². The van der Waals surface area contributed by atoms with Crippen LogP contribution in [-0.2, 0) is 14.8 Å². The third-order valence-corrected chi connectivity index (χ3v) is 6.10. The van der Waals surface area contributed by atoms with Crippen LogP contribution in [0.2, 0.25) is 0 Å². The molecule has 1 fully saturated rings. The summed E-state index contributed by atoms with van der Waals surface area (Å²) in [6, 6.07) is 4.43. The second-order valence-corrected chi connectivity index (χ2v) is 7.90. The van der Waals surface area contributed by atoms with Gasteiger partial charge in [0.05, 0.1) is 30.8 Å². The van der Waals surface area contributed by atoms with Crippen molar-refractivity contribution < 1.29 is 22.7 Å². The number of rotatable bonds is 7. The van der Waals surface area contributed by atoms with Gasteiger partial charge in [-0.2, -0.15) is 4.31 Å². The molecule has 1 aromatic carbocycles. The predicted molar refractivity (Wildman–Crippen MR) is 94.4 cm³/mol. The summed E-state index contributed by atoms with van der Waals surface area (Å²) < 4.78 is 37.5. The molecule has 25 heavy (non-hydrogen) atoms. The summed E-state index contributed by atoms with van der Waals surface area (Å²) in [5, 5.41) is 0. The number of hydrogen-bond acceptors (Lipinski definition) is 5. The molecular formula is C17H26N2O5S. The number of unbranched alkanes of at least 4 members (excludes halogenated alkanes) is 1. The number of methoxy groups -OCH3 is 1. The van der Waals surface area contributed by atoms with Crippen molar-refractivity contribution in [1.82, 2.24) is 9.21 Å². The first-order chi connectivity index (χ1) is 11.9. The molecule has 0 radical (unpaired) electrons. The van der Waals surface area contributed by atoms with E-state index in [0.717, 1.165) is 12.8 Å². The standard InChI is InChI=1S/C17H26N2O5S/c1-4-5-8-18(2)17(20)15-13-14(6-7-16(15)23-3)25(21,22)19-9-11-24-12-10-19/h6-7,13H,4-5,8-12H2,1-3H3. The molecule has 8 heteroatoms. The van der Waals surface area contributed by atoms with Gasteiger partial charge in [0.25, 0.3) is 5.91 Å². The minimum Gasteiger partial charge on any atom is -0.496 e. The minimum absolute atomic E-state index is 0.0995. The molecule has 0 aromatic heterocycles. The van der Waals surface area contributed by atoms with Crippen molar-refractivity contribution in [2.75, 3.05) is 47.0 Å². The molecular weight excluding hydrogens is 344 g/mol. The van der Waals surface area contributed by atoms with Crippen LogP contribution in [0.4, 0.5) is 0 Å². The summed E-state index contributed by atoms with van der Waals surface area (Å²) >= 11 is 0. The second kappa shape index (κ2) is 8.64. The Morgan fingerprint density at radius 2 is 2.00 bits per heavy atom. The van der Waals surface area contributed by atoms with Gasteiger partial charge in [-0.3, -0.25) is 4.79 Å². The van der Waals surface area contributed by atoms with E-state index in [9.17, 15) is 13.2 Å². The number of sulfonamides is 1. The van der Waals surface area contributed by atoms with E-state index in [1.54, 1.807) is 11.9 Å². The van der Waals surface area contributed by atoms with Crippen LogP contribution in [0, 0.1) is 0 Å². The Hall–Kier alpha value is -1.64. The van der Waals surface area contributed by atoms with Crippen molar-refractivity contribution in [2.45, 2.75) is 24.7 Å². The Balaban J connectivity index is 2.34. The van der Waals surface area contributed by atoms with Crippen molar-refractivity contribution in [3.05, 3.63) is 23.8 Å². The minimum atomic E-state index is -3.66. The fourth-order valence-electron chi connectivity index (χ4n) is 2.65. The van der Waals surface area contributed by atoms with Crippen LogP contribution in [0.3, 0.4) is 0 Å². The summed E-state index contributed by atoms with van der Waals surface area (Å²) in [5.41, 5.74) is 0.260. The molecule has 0 bridgehead atoms. The van der Waals surface area contributed by atoms with Gasteiger partial charge in [-0.15, -0.1) is 0 Å². The maximum Gasteiger partial charge on any atom is 0.257 e. The van der Waals surface area contributed by atoms with Gasteiger partial charge in [0.1, 0.15) is 5.75 Å². The zero-order valence-electron chi connectivity index (χ0n) is 15.0. The van der Waals surface area contributed by atoms with E-state index in [-0.39, 0.29) is 16.4 Å². The molecule has 0 spiro atoms. The number of benzene rings is 1. The highest BCUT2D eigenvalue weighted by Crippen LogP contribution is 2.26. The molecule has 1 aliphatic rings. The second-order valence-electron chi connectivity index (χ2n) is 5.96. The fraction of sp³-hybridized carbons (Fsp3) is 0.588. The molecule has 0 N–H and O–H groups in total. The average Bonchev–Trinajstić information content (AvgIpc) is 2.65. The summed E-state index contributed by atoms with van der Waals surface area (Å²) in [6.07, 6.45) is 1.86. The van der Waals surface area contributed by atoms with Crippen LogP contribution in [0.5, 0.6) is 5.75 Å². The van der Waals surface area contributed by atoms with E-state index in [4.69, 9.17) is 9.47 Å². The van der Waals surface area contributed by atoms with Crippen LogP contribution in [-0.4, -0.2) is 70.5 Å². The first-order valence-electron chi connectivity index (χ1n) is 8.43. The highest BCUT2D eigenvalue weighted by atomic mass is 32.2. The summed E-state index contributed by atoms with van der Waals surface area (Å²) in [4.78, 5) is 14.4. The fourth-order valence-corrected chi connectivity index (χ4v) is 4.09. The van der Waals surface area contributed by atoms with E-state index in [1.807, 2.05) is 0 Å². The van der Waals surface area contributed by atoms with Crippen LogP contribution in [0.1, 0.15) is 30.1 Å². The van der Waals surface area contributed by atoms with E-state index >= 15 is 0 Å². The Morgan fingerprint density at radius 1 is 1.32 bits per heavy atom. The number of nitrogens with zero attached hydrogens (tertiary/aromatic N) is 2. The smallest absolute Gasteiger partial charge is 0.257 e. The molecule has 0 saturated carbocycles. The predicted octanol–water partition coefficient (Wildman–Crippen LogP) is 1.59. The summed E-state index contributed by atoms with van der Waals surface area (Å²) in [7, 11) is -0.483. The highest BCUT2D eigenvalue weighted by molar-refractivity contribution is 7.89. The quantitative estimate of drug-likeness (QED) is 0.728. The lowest BCUT2D eigenvalue weighted by atomic mass is 10.1. The van der Waals surface area contributed by atoms with Gasteiger partial charge >= 0.3 is 0 Å². The summed E-state index contributed by atoms with van der Waals surface area (Å²) in [5.74, 6) is 0.124.